The van der Waals surface area contributed by atoms with Gasteiger partial charge in [-0.05, 0) is 6.42 Å². The zero-order chi connectivity index (χ0) is 7.84. The third kappa shape index (κ3) is 1.40. The Morgan fingerprint density at radius 1 is 1.67 bits per heavy atom. The molecule has 58 valence electrons. The summed E-state index contributed by atoms with van der Waals surface area (Å²) >= 11 is 0. The number of rotatable bonds is 1. The van der Waals surface area contributed by atoms with Gasteiger partial charge in [0.15, 0.2) is 0 Å². The van der Waals surface area contributed by atoms with Crippen LogP contribution in [-0.4, -0.2) is 15.5 Å². The van der Waals surface area contributed by atoms with Gasteiger partial charge in [-0.3, -0.25) is 0 Å². The Balaban J connectivity index is 0.000000720. The fourth-order valence-corrected chi connectivity index (χ4v) is 1.35. The number of aryl methyl sites for hydroxylation is 2. The molecule has 0 radical (unpaired) electrons. The van der Waals surface area contributed by atoms with Crippen molar-refractivity contribution in [3.05, 3.63) is 17.7 Å². The van der Waals surface area contributed by atoms with E-state index in [1.807, 2.05) is 4.57 Å². The van der Waals surface area contributed by atoms with Crippen LogP contribution in [0.25, 0.3) is 0 Å². The van der Waals surface area contributed by atoms with Crippen molar-refractivity contribution < 1.29 is 28.8 Å². The Kier molecular flexibility index (Phi) is 2.61. The van der Waals surface area contributed by atoms with Gasteiger partial charge < -0.3 is 14.5 Å². The van der Waals surface area contributed by atoms with Gasteiger partial charge in [0.2, 0.25) is 0 Å². The molecule has 0 bridgehead atoms. The van der Waals surface area contributed by atoms with Crippen LogP contribution >= 0.6 is 0 Å². The van der Waals surface area contributed by atoms with Crippen molar-refractivity contribution in [2.45, 2.75) is 19.4 Å². The third-order valence-electron chi connectivity index (χ3n) is 1.87. The van der Waals surface area contributed by atoms with Crippen molar-refractivity contribution in [3.63, 3.8) is 0 Å². The standard InChI is InChI=1S/C7H8N2O2.Li/c10-7(11)5-4-9-3-1-2-6(9)8-5;/h4H,1-3H2,(H,10,11);/q;+1/p-1. The number of aromatic carboxylic acids is 1. The SMILES string of the molecule is O=C([O-])c1cn2c(n1)CCC2.[Li+]. The van der Waals surface area contributed by atoms with Gasteiger partial charge in [-0.15, -0.1) is 0 Å². The van der Waals surface area contributed by atoms with Gasteiger partial charge in [-0.1, -0.05) is 0 Å². The molecule has 5 heteroatoms. The molecule has 4 nitrogen and oxygen atoms in total. The number of carboxylic acids is 1. The van der Waals surface area contributed by atoms with E-state index in [0.29, 0.717) is 0 Å². The second-order valence-electron chi connectivity index (χ2n) is 2.63. The smallest absolute Gasteiger partial charge is 0.543 e. The summed E-state index contributed by atoms with van der Waals surface area (Å²) in [5, 5.41) is 10.3. The topological polar surface area (TPSA) is 57.9 Å². The molecule has 0 saturated carbocycles. The Hall–Kier alpha value is -0.723. The predicted octanol–water partition coefficient (Wildman–Crippen LogP) is -3.80. The number of nitrogens with zero attached hydrogens (tertiary/aromatic N) is 2. The first kappa shape index (κ1) is 9.37. The number of fused-ring (bicyclic) bond motifs is 1. The maximum absolute atomic E-state index is 10.3. The number of carbonyl (C=O) groups excluding carboxylic acids is 1. The summed E-state index contributed by atoms with van der Waals surface area (Å²) in [5.41, 5.74) is 0.0553. The van der Waals surface area contributed by atoms with Crippen LogP contribution < -0.4 is 24.0 Å². The minimum absolute atomic E-state index is 0. The summed E-state index contributed by atoms with van der Waals surface area (Å²) < 4.78 is 1.87. The normalized spacial score (nSPS) is 13.7. The zero-order valence-electron chi connectivity index (χ0n) is 6.91. The van der Waals surface area contributed by atoms with E-state index in [0.717, 1.165) is 25.2 Å². The molecular weight excluding hydrogens is 151 g/mol. The predicted molar refractivity (Wildman–Crippen MR) is 34.9 cm³/mol. The Morgan fingerprint density at radius 2 is 2.42 bits per heavy atom. The van der Waals surface area contributed by atoms with Gasteiger partial charge in [-0.2, -0.15) is 0 Å². The molecule has 0 unspecified atom stereocenters. The molecule has 0 aromatic carbocycles. The molecule has 1 aliphatic heterocycles. The number of carboxylic acid groups (broad SMARTS) is 1. The average molecular weight is 158 g/mol. The summed E-state index contributed by atoms with van der Waals surface area (Å²) in [6.07, 6.45) is 3.49. The molecule has 0 atom stereocenters. The largest absolute Gasteiger partial charge is 1.00 e. The van der Waals surface area contributed by atoms with Crippen LogP contribution in [0, 0.1) is 0 Å². The average Bonchev–Trinajstić information content (AvgIpc) is 2.40. The van der Waals surface area contributed by atoms with Crippen LogP contribution in [0.4, 0.5) is 0 Å². The number of hydrogen-bond donors (Lipinski definition) is 0. The monoisotopic (exact) mass is 158 g/mol. The van der Waals surface area contributed by atoms with Crippen LogP contribution in [-0.2, 0) is 13.0 Å². The molecule has 0 aliphatic carbocycles. The number of hydrogen-bond acceptors (Lipinski definition) is 3. The van der Waals surface area contributed by atoms with E-state index in [1.165, 1.54) is 6.20 Å². The Labute approximate surface area is 81.8 Å². The van der Waals surface area contributed by atoms with E-state index in [1.54, 1.807) is 0 Å². The molecule has 0 spiro atoms. The minimum Gasteiger partial charge on any atom is -0.543 e. The summed E-state index contributed by atoms with van der Waals surface area (Å²) in [6.45, 7) is 0.885. The molecule has 12 heavy (non-hydrogen) atoms. The van der Waals surface area contributed by atoms with Gasteiger partial charge in [0.05, 0.1) is 5.97 Å². The fraction of sp³-hybridized carbons (Fsp3) is 0.429. The molecule has 2 rings (SSSR count). The van der Waals surface area contributed by atoms with Crippen molar-refractivity contribution in [3.8, 4) is 0 Å². The van der Waals surface area contributed by atoms with E-state index in [2.05, 4.69) is 4.98 Å². The molecule has 0 N–H and O–H groups in total. The van der Waals surface area contributed by atoms with Crippen LogP contribution in [0.2, 0.25) is 0 Å². The van der Waals surface area contributed by atoms with Crippen molar-refractivity contribution >= 4 is 5.97 Å². The molecule has 2 heterocycles. The van der Waals surface area contributed by atoms with E-state index < -0.39 is 5.97 Å². The number of aromatic nitrogens is 2. The maximum Gasteiger partial charge on any atom is 1.00 e. The van der Waals surface area contributed by atoms with Crippen LogP contribution in [0.5, 0.6) is 0 Å². The van der Waals surface area contributed by atoms with E-state index >= 15 is 0 Å². The van der Waals surface area contributed by atoms with Crippen LogP contribution in [0.15, 0.2) is 6.20 Å². The Morgan fingerprint density at radius 3 is 3.00 bits per heavy atom. The summed E-state index contributed by atoms with van der Waals surface area (Å²) in [6, 6.07) is 0. The summed E-state index contributed by atoms with van der Waals surface area (Å²) in [4.78, 5) is 14.2. The van der Waals surface area contributed by atoms with Crippen molar-refractivity contribution in [2.24, 2.45) is 0 Å². The van der Waals surface area contributed by atoms with Gasteiger partial charge in [0.1, 0.15) is 11.5 Å². The van der Waals surface area contributed by atoms with Crippen molar-refractivity contribution in [1.29, 1.82) is 0 Å². The second-order valence-corrected chi connectivity index (χ2v) is 2.63. The molecule has 1 aromatic heterocycles. The zero-order valence-corrected chi connectivity index (χ0v) is 6.91. The van der Waals surface area contributed by atoms with Crippen molar-refractivity contribution in [1.82, 2.24) is 9.55 Å². The van der Waals surface area contributed by atoms with Crippen LogP contribution in [0.3, 0.4) is 0 Å². The number of imidazole rings is 1. The molecule has 1 aliphatic rings. The maximum atomic E-state index is 10.3. The first-order valence-corrected chi connectivity index (χ1v) is 3.55. The van der Waals surface area contributed by atoms with Crippen LogP contribution in [0.1, 0.15) is 22.7 Å². The Bertz CT molecular complexity index is 287. The van der Waals surface area contributed by atoms with E-state index in [4.69, 9.17) is 0 Å². The molecule has 0 fully saturated rings. The summed E-state index contributed by atoms with van der Waals surface area (Å²) in [7, 11) is 0. The molecular formula is C7H7LiN2O2. The minimum atomic E-state index is -1.19. The van der Waals surface area contributed by atoms with Gasteiger partial charge in [0.25, 0.3) is 0 Å². The first-order chi connectivity index (χ1) is 5.27. The third-order valence-corrected chi connectivity index (χ3v) is 1.87. The molecule has 0 amide bonds. The summed E-state index contributed by atoms with van der Waals surface area (Å²) in [5.74, 6) is -0.323. The van der Waals surface area contributed by atoms with E-state index in [9.17, 15) is 9.90 Å². The molecule has 1 aromatic rings. The van der Waals surface area contributed by atoms with E-state index in [-0.39, 0.29) is 24.6 Å². The second kappa shape index (κ2) is 3.34. The molecule has 0 saturated heterocycles. The van der Waals surface area contributed by atoms with Gasteiger partial charge in [0, 0.05) is 19.2 Å². The quantitative estimate of drug-likeness (QED) is 0.394. The van der Waals surface area contributed by atoms with Crippen molar-refractivity contribution in [2.75, 3.05) is 0 Å². The van der Waals surface area contributed by atoms with Gasteiger partial charge >= 0.3 is 18.9 Å². The van der Waals surface area contributed by atoms with Gasteiger partial charge in [-0.25, -0.2) is 4.98 Å². The first-order valence-electron chi connectivity index (χ1n) is 3.55. The fourth-order valence-electron chi connectivity index (χ4n) is 1.35. The number of carbonyl (C=O) groups is 1.